The van der Waals surface area contributed by atoms with E-state index in [0.717, 1.165) is 0 Å². The molecule has 0 bridgehead atoms. The summed E-state index contributed by atoms with van der Waals surface area (Å²) in [5.41, 5.74) is 0.482. The van der Waals surface area contributed by atoms with Crippen molar-refractivity contribution in [3.8, 4) is 17.1 Å². The van der Waals surface area contributed by atoms with Crippen molar-refractivity contribution in [2.45, 2.75) is 19.8 Å². The summed E-state index contributed by atoms with van der Waals surface area (Å²) in [4.78, 5) is 12.4. The van der Waals surface area contributed by atoms with Gasteiger partial charge in [0.2, 0.25) is 0 Å². The van der Waals surface area contributed by atoms with E-state index in [1.54, 1.807) is 13.0 Å². The van der Waals surface area contributed by atoms with Crippen LogP contribution in [0.25, 0.3) is 16.9 Å². The van der Waals surface area contributed by atoms with Crippen LogP contribution in [0.1, 0.15) is 24.0 Å². The largest absolute Gasteiger partial charge is 0.507 e. The third kappa shape index (κ3) is 2.99. The molecule has 0 saturated carbocycles. The standard InChI is InChI=1S/C18H13Cl2FO3/c1-9-16(22)15(13-8-11(19)4-7-14(13)20)18(23)24-17(9)10-2-5-12(21)6-3-10/h2-3,5-6,8,22H,4,7H2,1H3. The van der Waals surface area contributed by atoms with Gasteiger partial charge in [-0.05, 0) is 50.1 Å². The van der Waals surface area contributed by atoms with Crippen LogP contribution in [-0.4, -0.2) is 5.11 Å². The summed E-state index contributed by atoms with van der Waals surface area (Å²) in [6.07, 6.45) is 2.64. The highest BCUT2D eigenvalue weighted by Gasteiger charge is 2.23. The summed E-state index contributed by atoms with van der Waals surface area (Å²) in [6, 6.07) is 5.46. The number of allylic oxidation sites excluding steroid dienone is 4. The van der Waals surface area contributed by atoms with E-state index in [0.29, 0.717) is 39.6 Å². The van der Waals surface area contributed by atoms with E-state index < -0.39 is 11.4 Å². The number of aromatic hydroxyl groups is 1. The molecule has 0 aliphatic heterocycles. The van der Waals surface area contributed by atoms with E-state index in [-0.39, 0.29) is 17.1 Å². The van der Waals surface area contributed by atoms with Gasteiger partial charge in [0, 0.05) is 26.8 Å². The molecule has 1 aromatic carbocycles. The molecule has 0 amide bonds. The molecule has 0 spiro atoms. The first-order valence-electron chi connectivity index (χ1n) is 7.26. The fourth-order valence-corrected chi connectivity index (χ4v) is 3.05. The van der Waals surface area contributed by atoms with E-state index in [1.165, 1.54) is 24.3 Å². The molecule has 3 nitrogen and oxygen atoms in total. The maximum Gasteiger partial charge on any atom is 0.348 e. The predicted octanol–water partition coefficient (Wildman–Crippen LogP) is 5.33. The average molecular weight is 367 g/mol. The first-order chi connectivity index (χ1) is 11.4. The predicted molar refractivity (Wildman–Crippen MR) is 92.7 cm³/mol. The van der Waals surface area contributed by atoms with Crippen molar-refractivity contribution in [1.82, 2.24) is 0 Å². The summed E-state index contributed by atoms with van der Waals surface area (Å²) in [5.74, 6) is -0.441. The first kappa shape index (κ1) is 16.8. The quantitative estimate of drug-likeness (QED) is 0.781. The highest BCUT2D eigenvalue weighted by molar-refractivity contribution is 6.35. The van der Waals surface area contributed by atoms with Crippen LogP contribution >= 0.6 is 23.2 Å². The van der Waals surface area contributed by atoms with Crippen molar-refractivity contribution in [1.29, 1.82) is 0 Å². The van der Waals surface area contributed by atoms with Gasteiger partial charge in [-0.15, -0.1) is 0 Å². The van der Waals surface area contributed by atoms with Gasteiger partial charge >= 0.3 is 5.63 Å². The van der Waals surface area contributed by atoms with Crippen molar-refractivity contribution >= 4 is 28.8 Å². The molecule has 0 radical (unpaired) electrons. The number of halogens is 3. The van der Waals surface area contributed by atoms with Crippen LogP contribution in [0, 0.1) is 12.7 Å². The minimum atomic E-state index is -0.729. The van der Waals surface area contributed by atoms with E-state index >= 15 is 0 Å². The maximum atomic E-state index is 13.1. The van der Waals surface area contributed by atoms with Crippen molar-refractivity contribution in [2.75, 3.05) is 0 Å². The van der Waals surface area contributed by atoms with Crippen LogP contribution < -0.4 is 5.63 Å². The molecule has 0 saturated heterocycles. The van der Waals surface area contributed by atoms with Crippen LogP contribution in [0.4, 0.5) is 4.39 Å². The molecule has 24 heavy (non-hydrogen) atoms. The molecule has 1 aromatic heterocycles. The molecule has 6 heteroatoms. The van der Waals surface area contributed by atoms with E-state index in [9.17, 15) is 14.3 Å². The smallest absolute Gasteiger partial charge is 0.348 e. The highest BCUT2D eigenvalue weighted by Crippen LogP contribution is 2.39. The van der Waals surface area contributed by atoms with Gasteiger partial charge in [0.15, 0.2) is 0 Å². The van der Waals surface area contributed by atoms with E-state index in [2.05, 4.69) is 0 Å². The van der Waals surface area contributed by atoms with Gasteiger partial charge < -0.3 is 9.52 Å². The molecule has 0 unspecified atom stereocenters. The molecule has 0 fully saturated rings. The van der Waals surface area contributed by atoms with Crippen LogP contribution in [0.3, 0.4) is 0 Å². The number of benzene rings is 1. The van der Waals surface area contributed by atoms with Gasteiger partial charge in [-0.2, -0.15) is 0 Å². The zero-order chi connectivity index (χ0) is 17.4. The number of hydrogen-bond donors (Lipinski definition) is 1. The summed E-state index contributed by atoms with van der Waals surface area (Å²) in [6.45, 7) is 1.61. The number of rotatable bonds is 2. The SMILES string of the molecule is Cc1c(-c2ccc(F)cc2)oc(=O)c(C2=C(Cl)CCC(Cl)=C2)c1O. The molecule has 1 N–H and O–H groups in total. The Kier molecular flexibility index (Phi) is 4.52. The fourth-order valence-electron chi connectivity index (χ4n) is 2.60. The molecule has 2 aromatic rings. The van der Waals surface area contributed by atoms with Crippen LogP contribution in [0.15, 0.2) is 49.6 Å². The topological polar surface area (TPSA) is 50.4 Å². The Morgan fingerprint density at radius 3 is 2.50 bits per heavy atom. The van der Waals surface area contributed by atoms with Crippen LogP contribution in [0.5, 0.6) is 5.75 Å². The lowest BCUT2D eigenvalue weighted by Gasteiger charge is -2.15. The van der Waals surface area contributed by atoms with Crippen molar-refractivity contribution in [3.63, 3.8) is 0 Å². The van der Waals surface area contributed by atoms with Crippen molar-refractivity contribution in [2.24, 2.45) is 0 Å². The van der Waals surface area contributed by atoms with E-state index in [4.69, 9.17) is 27.6 Å². The Bertz CT molecular complexity index is 925. The fraction of sp³-hybridized carbons (Fsp3) is 0.167. The average Bonchev–Trinajstić information content (AvgIpc) is 2.55. The lowest BCUT2D eigenvalue weighted by atomic mass is 9.97. The third-order valence-corrected chi connectivity index (χ3v) is 4.57. The first-order valence-corrected chi connectivity index (χ1v) is 8.01. The normalized spacial score (nSPS) is 14.8. The van der Waals surface area contributed by atoms with Gasteiger partial charge in [-0.3, -0.25) is 0 Å². The Balaban J connectivity index is 2.21. The monoisotopic (exact) mass is 366 g/mol. The summed E-state index contributed by atoms with van der Waals surface area (Å²) < 4.78 is 18.4. The molecular weight excluding hydrogens is 354 g/mol. The Morgan fingerprint density at radius 2 is 1.83 bits per heavy atom. The van der Waals surface area contributed by atoms with Gasteiger partial charge in [-0.1, -0.05) is 23.2 Å². The molecule has 1 aliphatic rings. The minimum Gasteiger partial charge on any atom is -0.507 e. The zero-order valence-corrected chi connectivity index (χ0v) is 14.2. The van der Waals surface area contributed by atoms with Gasteiger partial charge in [0.25, 0.3) is 0 Å². The number of hydrogen-bond acceptors (Lipinski definition) is 3. The van der Waals surface area contributed by atoms with Gasteiger partial charge in [0.1, 0.15) is 22.9 Å². The lowest BCUT2D eigenvalue weighted by molar-refractivity contribution is 0.444. The van der Waals surface area contributed by atoms with Gasteiger partial charge in [-0.25, -0.2) is 9.18 Å². The maximum absolute atomic E-state index is 13.1. The van der Waals surface area contributed by atoms with Gasteiger partial charge in [0.05, 0.1) is 0 Å². The molecule has 3 rings (SSSR count). The highest BCUT2D eigenvalue weighted by atomic mass is 35.5. The van der Waals surface area contributed by atoms with E-state index in [1.807, 2.05) is 0 Å². The lowest BCUT2D eigenvalue weighted by Crippen LogP contribution is -2.10. The van der Waals surface area contributed by atoms with Crippen molar-refractivity contribution in [3.05, 3.63) is 67.8 Å². The second kappa shape index (κ2) is 6.46. The Hall–Kier alpha value is -2.04. The summed E-state index contributed by atoms with van der Waals surface area (Å²) >= 11 is 12.2. The molecular formula is C18H13Cl2FO3. The molecule has 0 atom stereocenters. The Morgan fingerprint density at radius 1 is 1.17 bits per heavy atom. The second-order valence-corrected chi connectivity index (χ2v) is 6.43. The molecule has 124 valence electrons. The molecule has 1 heterocycles. The zero-order valence-electron chi connectivity index (χ0n) is 12.7. The summed E-state index contributed by atoms with van der Waals surface area (Å²) in [5, 5.41) is 11.5. The minimum absolute atomic E-state index is 0.0128. The summed E-state index contributed by atoms with van der Waals surface area (Å²) in [7, 11) is 0. The Labute approximate surface area is 147 Å². The third-order valence-electron chi connectivity index (χ3n) is 3.88. The van der Waals surface area contributed by atoms with Crippen LogP contribution in [0.2, 0.25) is 0 Å². The van der Waals surface area contributed by atoms with Crippen molar-refractivity contribution < 1.29 is 13.9 Å². The second-order valence-electron chi connectivity index (χ2n) is 5.48. The van der Waals surface area contributed by atoms with Crippen LogP contribution in [-0.2, 0) is 0 Å². The molecule has 1 aliphatic carbocycles.